The third kappa shape index (κ3) is 3.18. The lowest BCUT2D eigenvalue weighted by Crippen LogP contribution is -2.13. The van der Waals surface area contributed by atoms with Gasteiger partial charge in [0, 0.05) is 36.2 Å². The molecule has 3 rings (SSSR count). The Labute approximate surface area is 129 Å². The molecule has 0 radical (unpaired) electrons. The number of hydrogen-bond donors (Lipinski definition) is 1. The fourth-order valence-corrected chi connectivity index (χ4v) is 1.90. The zero-order chi connectivity index (χ0) is 16.2. The van der Waals surface area contributed by atoms with Crippen LogP contribution in [0.15, 0.2) is 55.4 Å². The molecule has 2 heterocycles. The standard InChI is InChI=1S/C14H10N6O3/c21-14(10-2-1-3-11(6-10)20(22)23)18-12-7-13(17-8-16-12)19-5-4-15-9-19/h1-9H,(H,16,17,18,21). The maximum absolute atomic E-state index is 12.2. The predicted octanol–water partition coefficient (Wildman–Crippen LogP) is 1.82. The van der Waals surface area contributed by atoms with Crippen molar-refractivity contribution in [2.75, 3.05) is 5.32 Å². The first-order valence-corrected chi connectivity index (χ1v) is 6.49. The highest BCUT2D eigenvalue weighted by molar-refractivity contribution is 6.04. The van der Waals surface area contributed by atoms with Crippen LogP contribution < -0.4 is 5.32 Å². The maximum atomic E-state index is 12.2. The first-order chi connectivity index (χ1) is 11.1. The van der Waals surface area contributed by atoms with E-state index in [-0.39, 0.29) is 17.1 Å². The number of hydrogen-bond acceptors (Lipinski definition) is 6. The van der Waals surface area contributed by atoms with Crippen LogP contribution in [-0.2, 0) is 0 Å². The molecule has 0 saturated heterocycles. The van der Waals surface area contributed by atoms with E-state index >= 15 is 0 Å². The quantitative estimate of drug-likeness (QED) is 0.580. The Morgan fingerprint density at radius 2 is 2.13 bits per heavy atom. The van der Waals surface area contributed by atoms with Crippen molar-refractivity contribution in [2.24, 2.45) is 0 Å². The van der Waals surface area contributed by atoms with Crippen LogP contribution in [0.4, 0.5) is 11.5 Å². The number of carbonyl (C=O) groups is 1. The monoisotopic (exact) mass is 310 g/mol. The molecule has 0 aliphatic carbocycles. The SMILES string of the molecule is O=C(Nc1cc(-n2ccnc2)ncn1)c1cccc([N+](=O)[O-])c1. The summed E-state index contributed by atoms with van der Waals surface area (Å²) in [5.41, 5.74) is 0.0152. The van der Waals surface area contributed by atoms with Gasteiger partial charge in [0.25, 0.3) is 11.6 Å². The summed E-state index contributed by atoms with van der Waals surface area (Å²) in [5, 5.41) is 13.3. The number of amides is 1. The summed E-state index contributed by atoms with van der Waals surface area (Å²) in [6, 6.07) is 7.02. The average Bonchev–Trinajstić information content (AvgIpc) is 3.10. The van der Waals surface area contributed by atoms with Crippen LogP contribution in [0.2, 0.25) is 0 Å². The van der Waals surface area contributed by atoms with E-state index in [1.807, 2.05) is 0 Å². The molecule has 23 heavy (non-hydrogen) atoms. The van der Waals surface area contributed by atoms with Crippen LogP contribution >= 0.6 is 0 Å². The van der Waals surface area contributed by atoms with Gasteiger partial charge in [-0.3, -0.25) is 19.5 Å². The summed E-state index contributed by atoms with van der Waals surface area (Å²) < 4.78 is 1.66. The largest absolute Gasteiger partial charge is 0.306 e. The fraction of sp³-hybridized carbons (Fsp3) is 0. The summed E-state index contributed by atoms with van der Waals surface area (Å²) in [6.45, 7) is 0. The van der Waals surface area contributed by atoms with Crippen molar-refractivity contribution in [3.8, 4) is 5.82 Å². The van der Waals surface area contributed by atoms with Gasteiger partial charge in [-0.15, -0.1) is 0 Å². The lowest BCUT2D eigenvalue weighted by molar-refractivity contribution is -0.384. The molecule has 2 aromatic heterocycles. The molecule has 3 aromatic rings. The molecule has 0 fully saturated rings. The average molecular weight is 310 g/mol. The molecular weight excluding hydrogens is 300 g/mol. The van der Waals surface area contributed by atoms with Crippen LogP contribution in [-0.4, -0.2) is 30.3 Å². The van der Waals surface area contributed by atoms with Crippen molar-refractivity contribution in [1.29, 1.82) is 0 Å². The Balaban J connectivity index is 1.82. The molecule has 114 valence electrons. The summed E-state index contributed by atoms with van der Waals surface area (Å²) in [4.78, 5) is 34.3. The molecule has 1 aromatic carbocycles. The van der Waals surface area contributed by atoms with Crippen LogP contribution in [0.3, 0.4) is 0 Å². The van der Waals surface area contributed by atoms with Crippen LogP contribution in [0.1, 0.15) is 10.4 Å². The van der Waals surface area contributed by atoms with Gasteiger partial charge in [0.1, 0.15) is 24.3 Å². The van der Waals surface area contributed by atoms with Crippen LogP contribution in [0.5, 0.6) is 0 Å². The van der Waals surface area contributed by atoms with E-state index < -0.39 is 10.8 Å². The number of non-ortho nitro benzene ring substituents is 1. The van der Waals surface area contributed by atoms with Crippen LogP contribution in [0.25, 0.3) is 5.82 Å². The van der Waals surface area contributed by atoms with Gasteiger partial charge >= 0.3 is 0 Å². The number of aromatic nitrogens is 4. The van der Waals surface area contributed by atoms with E-state index in [1.165, 1.54) is 30.6 Å². The van der Waals surface area contributed by atoms with Gasteiger partial charge < -0.3 is 5.32 Å². The van der Waals surface area contributed by atoms with Crippen molar-refractivity contribution in [3.05, 3.63) is 71.1 Å². The lowest BCUT2D eigenvalue weighted by atomic mass is 10.2. The predicted molar refractivity (Wildman–Crippen MR) is 80.2 cm³/mol. The van der Waals surface area contributed by atoms with Crippen molar-refractivity contribution < 1.29 is 9.72 Å². The molecule has 0 aliphatic heterocycles. The molecule has 9 heteroatoms. The maximum Gasteiger partial charge on any atom is 0.270 e. The normalized spacial score (nSPS) is 10.3. The smallest absolute Gasteiger partial charge is 0.270 e. The second-order valence-corrected chi connectivity index (χ2v) is 4.49. The van der Waals surface area contributed by atoms with E-state index in [4.69, 9.17) is 0 Å². The van der Waals surface area contributed by atoms with Gasteiger partial charge in [0.2, 0.25) is 0 Å². The van der Waals surface area contributed by atoms with Gasteiger partial charge in [-0.25, -0.2) is 15.0 Å². The molecular formula is C14H10N6O3. The Morgan fingerprint density at radius 1 is 1.26 bits per heavy atom. The number of nitro benzene ring substituents is 1. The molecule has 9 nitrogen and oxygen atoms in total. The first-order valence-electron chi connectivity index (χ1n) is 6.49. The molecule has 0 bridgehead atoms. The molecule has 0 saturated carbocycles. The lowest BCUT2D eigenvalue weighted by Gasteiger charge is -2.06. The van der Waals surface area contributed by atoms with Gasteiger partial charge in [-0.1, -0.05) is 6.07 Å². The van der Waals surface area contributed by atoms with E-state index in [2.05, 4.69) is 20.3 Å². The summed E-state index contributed by atoms with van der Waals surface area (Å²) in [7, 11) is 0. The van der Waals surface area contributed by atoms with E-state index in [0.29, 0.717) is 5.82 Å². The Kier molecular flexibility index (Phi) is 3.75. The molecule has 0 atom stereocenters. The van der Waals surface area contributed by atoms with E-state index in [0.717, 1.165) is 0 Å². The Bertz CT molecular complexity index is 862. The number of carbonyl (C=O) groups excluding carboxylic acids is 1. The van der Waals surface area contributed by atoms with E-state index in [9.17, 15) is 14.9 Å². The van der Waals surface area contributed by atoms with Crippen molar-refractivity contribution in [3.63, 3.8) is 0 Å². The van der Waals surface area contributed by atoms with Gasteiger partial charge in [0.15, 0.2) is 0 Å². The molecule has 0 spiro atoms. The highest BCUT2D eigenvalue weighted by Gasteiger charge is 2.12. The number of benzene rings is 1. The summed E-state index contributed by atoms with van der Waals surface area (Å²) >= 11 is 0. The van der Waals surface area contributed by atoms with Gasteiger partial charge in [-0.05, 0) is 6.07 Å². The Hall–Kier alpha value is -3.62. The van der Waals surface area contributed by atoms with E-state index in [1.54, 1.807) is 29.4 Å². The minimum Gasteiger partial charge on any atom is -0.306 e. The third-order valence-electron chi connectivity index (χ3n) is 2.98. The number of rotatable bonds is 4. The molecule has 0 unspecified atom stereocenters. The number of nitrogens with zero attached hydrogens (tertiary/aromatic N) is 5. The van der Waals surface area contributed by atoms with Crippen molar-refractivity contribution in [1.82, 2.24) is 19.5 Å². The minimum atomic E-state index is -0.557. The van der Waals surface area contributed by atoms with Gasteiger partial charge in [0.05, 0.1) is 4.92 Å². The number of anilines is 1. The number of nitrogens with one attached hydrogen (secondary N) is 1. The summed E-state index contributed by atoms with van der Waals surface area (Å²) in [6.07, 6.45) is 6.17. The highest BCUT2D eigenvalue weighted by atomic mass is 16.6. The van der Waals surface area contributed by atoms with Crippen molar-refractivity contribution >= 4 is 17.4 Å². The summed E-state index contributed by atoms with van der Waals surface area (Å²) in [5.74, 6) is 0.316. The second-order valence-electron chi connectivity index (χ2n) is 4.49. The Morgan fingerprint density at radius 3 is 2.87 bits per heavy atom. The molecule has 1 amide bonds. The number of imidazole rings is 1. The second kappa shape index (κ2) is 6.02. The highest BCUT2D eigenvalue weighted by Crippen LogP contribution is 2.15. The fourth-order valence-electron chi connectivity index (χ4n) is 1.90. The zero-order valence-electron chi connectivity index (χ0n) is 11.7. The molecule has 0 aliphatic rings. The minimum absolute atomic E-state index is 0.153. The topological polar surface area (TPSA) is 116 Å². The van der Waals surface area contributed by atoms with Crippen LogP contribution in [0, 0.1) is 10.1 Å². The number of nitro groups is 1. The zero-order valence-corrected chi connectivity index (χ0v) is 11.7. The first kappa shape index (κ1) is 14.3. The van der Waals surface area contributed by atoms with Gasteiger partial charge in [-0.2, -0.15) is 0 Å². The molecule has 1 N–H and O–H groups in total. The van der Waals surface area contributed by atoms with Crippen molar-refractivity contribution in [2.45, 2.75) is 0 Å². The third-order valence-corrected chi connectivity index (χ3v) is 2.98.